The highest BCUT2D eigenvalue weighted by Crippen LogP contribution is 2.27. The first-order chi connectivity index (χ1) is 21.1. The van der Waals surface area contributed by atoms with Crippen LogP contribution in [0.5, 0.6) is 0 Å². The van der Waals surface area contributed by atoms with Crippen molar-refractivity contribution in [1.29, 1.82) is 0 Å². The normalized spacial score (nSPS) is 12.6. The van der Waals surface area contributed by atoms with Crippen molar-refractivity contribution in [3.05, 3.63) is 11.4 Å². The predicted octanol–water partition coefficient (Wildman–Crippen LogP) is 4.62. The van der Waals surface area contributed by atoms with Crippen LogP contribution in [0, 0.1) is 12.5 Å². The van der Waals surface area contributed by atoms with E-state index in [0.717, 1.165) is 6.42 Å². The summed E-state index contributed by atoms with van der Waals surface area (Å²) in [5.74, 6) is 0.455. The van der Waals surface area contributed by atoms with Gasteiger partial charge in [0.05, 0.1) is 39.6 Å². The summed E-state index contributed by atoms with van der Waals surface area (Å²) in [4.78, 5) is 50.8. The van der Waals surface area contributed by atoms with Gasteiger partial charge in [-0.3, -0.25) is 19.2 Å². The Balaban J connectivity index is 3.45. The van der Waals surface area contributed by atoms with Gasteiger partial charge in [0.25, 0.3) is 0 Å². The number of rotatable bonds is 33. The number of Topliss-reactive ketones (excluding diaryl/α,β-unsaturated/α-hetero) is 4. The fraction of sp³-hybridized carbons (Fsp3) is 0.848. The Morgan fingerprint density at radius 3 is 1.30 bits per heavy atom. The van der Waals surface area contributed by atoms with E-state index in [0.29, 0.717) is 117 Å². The second-order valence-corrected chi connectivity index (χ2v) is 11.3. The minimum absolute atomic E-state index is 0.000430. The molecule has 0 rings (SSSR count). The zero-order valence-corrected chi connectivity index (χ0v) is 27.7. The van der Waals surface area contributed by atoms with E-state index < -0.39 is 5.54 Å². The second-order valence-electron chi connectivity index (χ2n) is 11.3. The van der Waals surface area contributed by atoms with Gasteiger partial charge in [-0.05, 0) is 25.7 Å². The van der Waals surface area contributed by atoms with Crippen LogP contribution in [0.2, 0.25) is 0 Å². The highest BCUT2D eigenvalue weighted by Gasteiger charge is 2.34. The third kappa shape index (κ3) is 25.3. The molecule has 11 nitrogen and oxygen atoms in total. The molecule has 0 aromatic carbocycles. The summed E-state index contributed by atoms with van der Waals surface area (Å²) in [5, 5.41) is 0. The zero-order valence-electron chi connectivity index (χ0n) is 27.7. The molecule has 0 bridgehead atoms. The van der Waals surface area contributed by atoms with Crippen LogP contribution in [0.3, 0.4) is 0 Å². The summed E-state index contributed by atoms with van der Waals surface area (Å²) in [7, 11) is 0. The van der Waals surface area contributed by atoms with E-state index in [9.17, 15) is 19.2 Å². The van der Waals surface area contributed by atoms with E-state index in [2.05, 4.69) is 4.85 Å². The summed E-state index contributed by atoms with van der Waals surface area (Å²) in [6, 6.07) is 0. The number of nitrogens with zero attached hydrogens (tertiary/aromatic N) is 1. The number of hydrogen-bond acceptors (Lipinski definition) is 10. The molecule has 11 heteroatoms. The SMILES string of the molecule is [C-]#[N+]C(C)(CCC(=O)CCCOCCOCC(=O)CCCOCCOCC(=O)CCCOCCOCC(=O)CCC)C(C)C. The van der Waals surface area contributed by atoms with E-state index in [1.807, 2.05) is 27.7 Å². The smallest absolute Gasteiger partial charge is 0.232 e. The van der Waals surface area contributed by atoms with Crippen LogP contribution in [-0.4, -0.2) is 108 Å². The van der Waals surface area contributed by atoms with Crippen molar-refractivity contribution in [2.75, 3.05) is 79.3 Å². The maximum Gasteiger partial charge on any atom is 0.232 e. The molecule has 254 valence electrons. The van der Waals surface area contributed by atoms with E-state index in [1.54, 1.807) is 0 Å². The molecule has 0 heterocycles. The van der Waals surface area contributed by atoms with Gasteiger partial charge in [0, 0.05) is 71.2 Å². The summed E-state index contributed by atoms with van der Waals surface area (Å²) in [6.07, 6.45) is 5.35. The topological polar surface area (TPSA) is 128 Å². The third-order valence-electron chi connectivity index (χ3n) is 7.08. The van der Waals surface area contributed by atoms with Gasteiger partial charge in [0.15, 0.2) is 17.3 Å². The summed E-state index contributed by atoms with van der Waals surface area (Å²) in [5.41, 5.74) is -0.486. The average Bonchev–Trinajstić information content (AvgIpc) is 2.99. The van der Waals surface area contributed by atoms with Gasteiger partial charge in [-0.15, -0.1) is 0 Å². The van der Waals surface area contributed by atoms with Crippen LogP contribution in [0.1, 0.15) is 91.9 Å². The van der Waals surface area contributed by atoms with Crippen LogP contribution >= 0.6 is 0 Å². The molecule has 0 saturated heterocycles. The van der Waals surface area contributed by atoms with Crippen molar-refractivity contribution >= 4 is 23.1 Å². The molecule has 1 unspecified atom stereocenters. The lowest BCUT2D eigenvalue weighted by atomic mass is 9.84. The Hall–Kier alpha value is -2.07. The van der Waals surface area contributed by atoms with Crippen LogP contribution < -0.4 is 0 Å². The standard InChI is InChI=1S/C33H57NO10/c1-6-10-30(36)25-42-22-19-40-17-8-12-32(38)27-44-24-21-41-18-9-13-31(37)26-43-23-20-39-16-7-11-29(35)14-15-33(4,34-5)28(2)3/h28H,6-27H2,1-4H3. The van der Waals surface area contributed by atoms with Gasteiger partial charge >= 0.3 is 0 Å². The van der Waals surface area contributed by atoms with Crippen LogP contribution in [0.25, 0.3) is 4.85 Å². The molecule has 0 aromatic heterocycles. The second kappa shape index (κ2) is 28.4. The van der Waals surface area contributed by atoms with E-state index in [-0.39, 0.29) is 48.9 Å². The quantitative estimate of drug-likeness (QED) is 0.0751. The van der Waals surface area contributed by atoms with Gasteiger partial charge in [0.1, 0.15) is 25.6 Å². The van der Waals surface area contributed by atoms with Gasteiger partial charge in [-0.25, -0.2) is 6.57 Å². The van der Waals surface area contributed by atoms with E-state index >= 15 is 0 Å². The maximum absolute atomic E-state index is 12.1. The molecule has 0 spiro atoms. The number of hydrogen-bond donors (Lipinski definition) is 0. The van der Waals surface area contributed by atoms with Gasteiger partial charge in [0.2, 0.25) is 5.54 Å². The van der Waals surface area contributed by atoms with Crippen molar-refractivity contribution in [2.45, 2.75) is 97.4 Å². The number of ether oxygens (including phenoxy) is 6. The molecule has 1 atom stereocenters. The molecule has 0 saturated carbocycles. The molecule has 0 amide bonds. The Kier molecular flexibility index (Phi) is 27.1. The fourth-order valence-corrected chi connectivity index (χ4v) is 3.82. The van der Waals surface area contributed by atoms with Gasteiger partial charge in [-0.1, -0.05) is 20.8 Å². The fourth-order valence-electron chi connectivity index (χ4n) is 3.82. The first-order valence-corrected chi connectivity index (χ1v) is 16.1. The van der Waals surface area contributed by atoms with Crippen molar-refractivity contribution in [2.24, 2.45) is 5.92 Å². The molecule has 0 aromatic rings. The molecular formula is C33H57NO10. The van der Waals surface area contributed by atoms with Gasteiger partial charge < -0.3 is 33.3 Å². The molecule has 0 radical (unpaired) electrons. The van der Waals surface area contributed by atoms with Gasteiger partial charge in [-0.2, -0.15) is 0 Å². The predicted molar refractivity (Wildman–Crippen MR) is 167 cm³/mol. The lowest BCUT2D eigenvalue weighted by molar-refractivity contribution is -0.125. The monoisotopic (exact) mass is 627 g/mol. The lowest BCUT2D eigenvalue weighted by Crippen LogP contribution is -2.28. The largest absolute Gasteiger partial charge is 0.379 e. The zero-order chi connectivity index (χ0) is 32.9. The van der Waals surface area contributed by atoms with Crippen LogP contribution in [0.4, 0.5) is 0 Å². The number of carbonyl (C=O) groups is 4. The molecule has 44 heavy (non-hydrogen) atoms. The van der Waals surface area contributed by atoms with Crippen molar-refractivity contribution in [3.63, 3.8) is 0 Å². The van der Waals surface area contributed by atoms with Crippen molar-refractivity contribution in [3.8, 4) is 0 Å². The Morgan fingerprint density at radius 1 is 0.568 bits per heavy atom. The highest BCUT2D eigenvalue weighted by atomic mass is 16.5. The number of ketones is 4. The average molecular weight is 628 g/mol. The molecule has 0 N–H and O–H groups in total. The highest BCUT2D eigenvalue weighted by molar-refractivity contribution is 5.80. The van der Waals surface area contributed by atoms with Crippen molar-refractivity contribution in [1.82, 2.24) is 0 Å². The van der Waals surface area contributed by atoms with E-state index in [1.165, 1.54) is 0 Å². The molecular weight excluding hydrogens is 570 g/mol. The van der Waals surface area contributed by atoms with Crippen LogP contribution in [0.15, 0.2) is 0 Å². The first-order valence-electron chi connectivity index (χ1n) is 16.1. The van der Waals surface area contributed by atoms with E-state index in [4.69, 9.17) is 35.0 Å². The molecule has 0 fully saturated rings. The maximum atomic E-state index is 12.1. The lowest BCUT2D eigenvalue weighted by Gasteiger charge is -2.20. The molecule has 0 aliphatic carbocycles. The first kappa shape index (κ1) is 41.9. The number of carbonyl (C=O) groups excluding carboxylic acids is 4. The Bertz CT molecular complexity index is 826. The minimum Gasteiger partial charge on any atom is -0.379 e. The summed E-state index contributed by atoms with van der Waals surface area (Å²) < 4.78 is 32.2. The molecule has 0 aliphatic rings. The minimum atomic E-state index is -0.486. The summed E-state index contributed by atoms with van der Waals surface area (Å²) >= 11 is 0. The third-order valence-corrected chi connectivity index (χ3v) is 7.08. The summed E-state index contributed by atoms with van der Waals surface area (Å²) in [6.45, 7) is 18.9. The molecule has 0 aliphatic heterocycles. The Labute approximate surface area is 264 Å². The van der Waals surface area contributed by atoms with Crippen molar-refractivity contribution < 1.29 is 47.6 Å². The Morgan fingerprint density at radius 2 is 0.932 bits per heavy atom. The van der Waals surface area contributed by atoms with Crippen LogP contribution in [-0.2, 0) is 47.6 Å².